The number of nitrogen functional groups attached to an aromatic ring is 1. The molecule has 1 saturated carbocycles. The maximum Gasteiger partial charge on any atom is 0.212 e. The van der Waals surface area contributed by atoms with Crippen LogP contribution in [0, 0.1) is 5.92 Å². The van der Waals surface area contributed by atoms with Crippen LogP contribution in [0.3, 0.4) is 0 Å². The summed E-state index contributed by atoms with van der Waals surface area (Å²) in [6, 6.07) is 7.09. The molecule has 0 saturated heterocycles. The Morgan fingerprint density at radius 2 is 1.90 bits per heavy atom. The monoisotopic (exact) mass is 296 g/mol. The van der Waals surface area contributed by atoms with Crippen molar-refractivity contribution in [1.82, 2.24) is 4.72 Å². The zero-order valence-electron chi connectivity index (χ0n) is 12.0. The number of benzene rings is 1. The lowest BCUT2D eigenvalue weighted by molar-refractivity contribution is 0.383. The second-order valence-corrected chi connectivity index (χ2v) is 7.55. The Bertz CT molecular complexity index is 537. The molecule has 0 bridgehead atoms. The van der Waals surface area contributed by atoms with Crippen LogP contribution in [0.1, 0.15) is 50.6 Å². The molecule has 112 valence electrons. The molecule has 3 N–H and O–H groups in total. The van der Waals surface area contributed by atoms with Crippen LogP contribution in [0.5, 0.6) is 0 Å². The normalized spacial score (nSPS) is 18.9. The summed E-state index contributed by atoms with van der Waals surface area (Å²) >= 11 is 0. The average molecular weight is 296 g/mol. The number of anilines is 1. The van der Waals surface area contributed by atoms with Crippen molar-refractivity contribution in [3.63, 3.8) is 0 Å². The minimum Gasteiger partial charge on any atom is -0.398 e. The Morgan fingerprint density at radius 3 is 2.55 bits per heavy atom. The summed E-state index contributed by atoms with van der Waals surface area (Å²) in [5, 5.41) is 0. The maximum absolute atomic E-state index is 12.2. The van der Waals surface area contributed by atoms with Crippen molar-refractivity contribution in [3.8, 4) is 0 Å². The number of hydrogen-bond acceptors (Lipinski definition) is 3. The molecule has 1 atom stereocenters. The van der Waals surface area contributed by atoms with Crippen LogP contribution in [0.25, 0.3) is 0 Å². The van der Waals surface area contributed by atoms with E-state index in [0.29, 0.717) is 11.6 Å². The third-order valence-electron chi connectivity index (χ3n) is 4.00. The van der Waals surface area contributed by atoms with Crippen molar-refractivity contribution >= 4 is 15.7 Å². The van der Waals surface area contributed by atoms with Crippen LogP contribution in [-0.2, 0) is 10.0 Å². The van der Waals surface area contributed by atoms with Crippen molar-refractivity contribution < 1.29 is 8.42 Å². The minimum atomic E-state index is -3.25. The molecule has 0 radical (unpaired) electrons. The van der Waals surface area contributed by atoms with Crippen LogP contribution >= 0.6 is 0 Å². The van der Waals surface area contributed by atoms with Gasteiger partial charge in [-0.25, -0.2) is 13.1 Å². The van der Waals surface area contributed by atoms with E-state index in [2.05, 4.69) is 4.72 Å². The molecule has 1 unspecified atom stereocenters. The number of para-hydroxylation sites is 1. The molecule has 20 heavy (non-hydrogen) atoms. The van der Waals surface area contributed by atoms with Gasteiger partial charge in [0.2, 0.25) is 10.0 Å². The fourth-order valence-electron chi connectivity index (χ4n) is 2.95. The van der Waals surface area contributed by atoms with E-state index in [1.165, 1.54) is 6.42 Å². The third-order valence-corrected chi connectivity index (χ3v) is 5.62. The van der Waals surface area contributed by atoms with Gasteiger partial charge in [0.05, 0.1) is 5.75 Å². The Hall–Kier alpha value is -1.07. The molecule has 1 aromatic carbocycles. The number of rotatable bonds is 5. The van der Waals surface area contributed by atoms with Gasteiger partial charge in [0.25, 0.3) is 0 Å². The lowest BCUT2D eigenvalue weighted by Crippen LogP contribution is -2.32. The fourth-order valence-corrected chi connectivity index (χ4v) is 4.67. The van der Waals surface area contributed by atoms with E-state index in [0.717, 1.165) is 31.2 Å². The summed E-state index contributed by atoms with van der Waals surface area (Å²) in [5.41, 5.74) is 7.35. The number of sulfonamides is 1. The predicted octanol–water partition coefficient (Wildman–Crippen LogP) is 2.83. The highest BCUT2D eigenvalue weighted by atomic mass is 32.2. The Balaban J connectivity index is 1.98. The smallest absolute Gasteiger partial charge is 0.212 e. The summed E-state index contributed by atoms with van der Waals surface area (Å²) in [5.74, 6) is 0.547. The molecule has 5 heteroatoms. The van der Waals surface area contributed by atoms with E-state index in [4.69, 9.17) is 5.73 Å². The average Bonchev–Trinajstić information content (AvgIpc) is 2.39. The maximum atomic E-state index is 12.2. The highest BCUT2D eigenvalue weighted by molar-refractivity contribution is 7.89. The van der Waals surface area contributed by atoms with E-state index >= 15 is 0 Å². The molecule has 0 heterocycles. The molecule has 0 aromatic heterocycles. The van der Waals surface area contributed by atoms with E-state index in [-0.39, 0.29) is 11.8 Å². The van der Waals surface area contributed by atoms with Crippen LogP contribution in [0.15, 0.2) is 24.3 Å². The molecule has 0 amide bonds. The van der Waals surface area contributed by atoms with Crippen molar-refractivity contribution in [2.75, 3.05) is 11.5 Å². The third kappa shape index (κ3) is 4.21. The fraction of sp³-hybridized carbons (Fsp3) is 0.600. The Kier molecular flexibility index (Phi) is 5.05. The zero-order chi connectivity index (χ0) is 14.6. The summed E-state index contributed by atoms with van der Waals surface area (Å²) in [6.07, 6.45) is 5.61. The molecule has 1 fully saturated rings. The first-order valence-electron chi connectivity index (χ1n) is 7.32. The first-order chi connectivity index (χ1) is 9.48. The van der Waals surface area contributed by atoms with E-state index in [9.17, 15) is 8.42 Å². The van der Waals surface area contributed by atoms with E-state index in [1.54, 1.807) is 6.07 Å². The van der Waals surface area contributed by atoms with Crippen molar-refractivity contribution in [3.05, 3.63) is 29.8 Å². The van der Waals surface area contributed by atoms with Crippen LogP contribution in [0.2, 0.25) is 0 Å². The van der Waals surface area contributed by atoms with Gasteiger partial charge >= 0.3 is 0 Å². The summed E-state index contributed by atoms with van der Waals surface area (Å²) in [4.78, 5) is 0. The van der Waals surface area contributed by atoms with Crippen molar-refractivity contribution in [2.45, 2.75) is 45.1 Å². The van der Waals surface area contributed by atoms with Crippen LogP contribution in [-0.4, -0.2) is 14.2 Å². The molecule has 0 spiro atoms. The standard InChI is InChI=1S/C15H24N2O2S/c1-12(14-9-5-6-10-15(14)16)17-20(18,19)11-13-7-3-2-4-8-13/h5-6,9-10,12-13,17H,2-4,7-8,11,16H2,1H3. The predicted molar refractivity (Wildman–Crippen MR) is 82.8 cm³/mol. The molecular formula is C15H24N2O2S. The SMILES string of the molecule is CC(NS(=O)(=O)CC1CCCCC1)c1ccccc1N. The van der Waals surface area contributed by atoms with Crippen LogP contribution in [0.4, 0.5) is 5.69 Å². The van der Waals surface area contributed by atoms with Gasteiger partial charge in [-0.1, -0.05) is 37.5 Å². The van der Waals surface area contributed by atoms with E-state index in [1.807, 2.05) is 25.1 Å². The van der Waals surface area contributed by atoms with Crippen LogP contribution < -0.4 is 10.5 Å². The van der Waals surface area contributed by atoms with Gasteiger partial charge in [-0.15, -0.1) is 0 Å². The zero-order valence-corrected chi connectivity index (χ0v) is 12.8. The molecule has 1 aliphatic carbocycles. The first kappa shape index (κ1) is 15.3. The lowest BCUT2D eigenvalue weighted by Gasteiger charge is -2.23. The van der Waals surface area contributed by atoms with Gasteiger partial charge < -0.3 is 5.73 Å². The Morgan fingerprint density at radius 1 is 1.25 bits per heavy atom. The van der Waals surface area contributed by atoms with Crippen molar-refractivity contribution in [2.24, 2.45) is 5.92 Å². The highest BCUT2D eigenvalue weighted by Gasteiger charge is 2.23. The quantitative estimate of drug-likeness (QED) is 0.821. The largest absolute Gasteiger partial charge is 0.398 e. The molecule has 1 aromatic rings. The summed E-state index contributed by atoms with van der Waals surface area (Å²) in [6.45, 7) is 1.84. The number of hydrogen-bond donors (Lipinski definition) is 2. The van der Waals surface area contributed by atoms with Crippen molar-refractivity contribution in [1.29, 1.82) is 0 Å². The minimum absolute atomic E-state index is 0.240. The highest BCUT2D eigenvalue weighted by Crippen LogP contribution is 2.26. The van der Waals surface area contributed by atoms with Gasteiger partial charge in [-0.3, -0.25) is 0 Å². The second-order valence-electron chi connectivity index (χ2n) is 5.75. The van der Waals surface area contributed by atoms with E-state index < -0.39 is 10.0 Å². The molecular weight excluding hydrogens is 272 g/mol. The Labute approximate surface area is 121 Å². The first-order valence-corrected chi connectivity index (χ1v) is 8.97. The number of nitrogens with one attached hydrogen (secondary N) is 1. The molecule has 1 aliphatic rings. The van der Waals surface area contributed by atoms with Gasteiger partial charge in [0.15, 0.2) is 0 Å². The molecule has 4 nitrogen and oxygen atoms in total. The van der Waals surface area contributed by atoms with Gasteiger partial charge in [0.1, 0.15) is 0 Å². The summed E-state index contributed by atoms with van der Waals surface area (Å²) < 4.78 is 27.2. The molecule has 0 aliphatic heterocycles. The lowest BCUT2D eigenvalue weighted by atomic mass is 9.91. The summed E-state index contributed by atoms with van der Waals surface area (Å²) in [7, 11) is -3.25. The van der Waals surface area contributed by atoms with Gasteiger partial charge in [-0.05, 0) is 37.3 Å². The van der Waals surface area contributed by atoms with Gasteiger partial charge in [-0.2, -0.15) is 0 Å². The second kappa shape index (κ2) is 6.59. The molecule has 2 rings (SSSR count). The topological polar surface area (TPSA) is 72.2 Å². The van der Waals surface area contributed by atoms with Gasteiger partial charge in [0, 0.05) is 11.7 Å². The number of nitrogens with two attached hydrogens (primary N) is 1.